The quantitative estimate of drug-likeness (QED) is 0.631. The van der Waals surface area contributed by atoms with Gasteiger partial charge in [-0.05, 0) is 38.6 Å². The first-order valence-electron chi connectivity index (χ1n) is 4.99. The van der Waals surface area contributed by atoms with E-state index >= 15 is 0 Å². The van der Waals surface area contributed by atoms with Crippen LogP contribution in [0.5, 0.6) is 0 Å². The van der Waals surface area contributed by atoms with E-state index in [-0.39, 0.29) is 0 Å². The Morgan fingerprint density at radius 2 is 2.17 bits per heavy atom. The Bertz CT molecular complexity index is 186. The van der Waals surface area contributed by atoms with Gasteiger partial charge in [-0.1, -0.05) is 0 Å². The van der Waals surface area contributed by atoms with Crippen LogP contribution in [0.3, 0.4) is 0 Å². The monoisotopic (exact) mass is 167 g/mol. The average molecular weight is 167 g/mol. The molecule has 0 bridgehead atoms. The van der Waals surface area contributed by atoms with E-state index in [2.05, 4.69) is 4.90 Å². The van der Waals surface area contributed by atoms with E-state index in [0.717, 1.165) is 12.3 Å². The lowest BCUT2D eigenvalue weighted by Gasteiger charge is -2.40. The van der Waals surface area contributed by atoms with Crippen LogP contribution >= 0.6 is 0 Å². The van der Waals surface area contributed by atoms with Crippen LogP contribution in [-0.2, 0) is 4.79 Å². The van der Waals surface area contributed by atoms with E-state index in [4.69, 9.17) is 0 Å². The predicted octanol–water partition coefficient (Wildman–Crippen LogP) is 1.45. The first kappa shape index (κ1) is 8.24. The number of carbonyl (C=O) groups excluding carboxylic acids is 1. The Kier molecular flexibility index (Phi) is 2.18. The van der Waals surface area contributed by atoms with Crippen molar-refractivity contribution in [2.24, 2.45) is 5.92 Å². The van der Waals surface area contributed by atoms with E-state index < -0.39 is 0 Å². The Morgan fingerprint density at radius 3 is 2.58 bits per heavy atom. The molecule has 0 spiro atoms. The van der Waals surface area contributed by atoms with Gasteiger partial charge in [-0.25, -0.2) is 0 Å². The molecule has 1 aliphatic carbocycles. The van der Waals surface area contributed by atoms with E-state index in [1.807, 2.05) is 0 Å². The molecule has 0 aromatic heterocycles. The molecule has 12 heavy (non-hydrogen) atoms. The summed E-state index contributed by atoms with van der Waals surface area (Å²) in [5.41, 5.74) is 0. The summed E-state index contributed by atoms with van der Waals surface area (Å²) in [6.07, 6.45) is 4.87. The highest BCUT2D eigenvalue weighted by molar-refractivity contribution is 5.76. The van der Waals surface area contributed by atoms with Crippen LogP contribution in [0.2, 0.25) is 0 Å². The summed E-state index contributed by atoms with van der Waals surface area (Å²) in [6, 6.07) is 0.600. The van der Waals surface area contributed by atoms with Crippen molar-refractivity contribution in [3.63, 3.8) is 0 Å². The van der Waals surface area contributed by atoms with Gasteiger partial charge < -0.3 is 0 Å². The molecular weight excluding hydrogens is 150 g/mol. The molecule has 0 radical (unpaired) electrons. The third-order valence-corrected chi connectivity index (χ3v) is 2.98. The predicted molar refractivity (Wildman–Crippen MR) is 48.0 cm³/mol. The van der Waals surface area contributed by atoms with Crippen molar-refractivity contribution in [2.45, 2.75) is 38.6 Å². The molecule has 2 rings (SSSR count). The number of hydrogen-bond donors (Lipinski definition) is 0. The van der Waals surface area contributed by atoms with Gasteiger partial charge in [0.15, 0.2) is 0 Å². The summed E-state index contributed by atoms with van der Waals surface area (Å²) < 4.78 is 0. The number of likely N-dealkylation sites (tertiary alicyclic amines) is 1. The van der Waals surface area contributed by atoms with Gasteiger partial charge in [-0.3, -0.25) is 9.69 Å². The van der Waals surface area contributed by atoms with Crippen molar-refractivity contribution in [3.8, 4) is 0 Å². The fraction of sp³-hybridized carbons (Fsp3) is 0.900. The molecule has 1 saturated carbocycles. The molecule has 2 fully saturated rings. The summed E-state index contributed by atoms with van der Waals surface area (Å²) in [5, 5.41) is 0. The van der Waals surface area contributed by atoms with Crippen molar-refractivity contribution < 1.29 is 4.79 Å². The lowest BCUT2D eigenvalue weighted by molar-refractivity contribution is -0.119. The lowest BCUT2D eigenvalue weighted by Crippen LogP contribution is -2.49. The van der Waals surface area contributed by atoms with Crippen LogP contribution in [0, 0.1) is 5.92 Å². The smallest absolute Gasteiger partial charge is 0.131 e. The summed E-state index contributed by atoms with van der Waals surface area (Å²) >= 11 is 0. The van der Waals surface area contributed by atoms with Crippen molar-refractivity contribution in [2.75, 3.05) is 13.1 Å². The first-order chi connectivity index (χ1) is 5.75. The Balaban J connectivity index is 1.72. The topological polar surface area (TPSA) is 20.3 Å². The second-order valence-corrected chi connectivity index (χ2v) is 4.29. The summed E-state index contributed by atoms with van der Waals surface area (Å²) in [4.78, 5) is 13.4. The van der Waals surface area contributed by atoms with E-state index in [0.29, 0.717) is 11.8 Å². The molecule has 1 atom stereocenters. The van der Waals surface area contributed by atoms with Gasteiger partial charge in [0, 0.05) is 19.0 Å². The Hall–Kier alpha value is -0.370. The highest BCUT2D eigenvalue weighted by Crippen LogP contribution is 2.33. The SMILES string of the molecule is CC(=O)CC1CCN1CC1CC1. The van der Waals surface area contributed by atoms with E-state index in [1.54, 1.807) is 6.92 Å². The van der Waals surface area contributed by atoms with Crippen LogP contribution in [0.15, 0.2) is 0 Å². The molecule has 2 aliphatic rings. The zero-order valence-corrected chi connectivity index (χ0v) is 7.75. The highest BCUT2D eigenvalue weighted by Gasteiger charge is 2.33. The van der Waals surface area contributed by atoms with Crippen LogP contribution < -0.4 is 0 Å². The molecule has 1 saturated heterocycles. The van der Waals surface area contributed by atoms with Gasteiger partial charge in [0.1, 0.15) is 5.78 Å². The van der Waals surface area contributed by atoms with Gasteiger partial charge in [0.2, 0.25) is 0 Å². The fourth-order valence-electron chi connectivity index (χ4n) is 1.93. The lowest BCUT2D eigenvalue weighted by atomic mass is 9.97. The largest absolute Gasteiger partial charge is 0.300 e. The first-order valence-corrected chi connectivity index (χ1v) is 4.99. The van der Waals surface area contributed by atoms with Gasteiger partial charge in [-0.2, -0.15) is 0 Å². The Labute approximate surface area is 73.9 Å². The average Bonchev–Trinajstić information content (AvgIpc) is 2.77. The molecule has 0 amide bonds. The number of Topliss-reactive ketones (excluding diaryl/α,β-unsaturated/α-hetero) is 1. The standard InChI is InChI=1S/C10H17NO/c1-8(12)6-10-4-5-11(10)7-9-2-3-9/h9-10H,2-7H2,1H3. The zero-order valence-electron chi connectivity index (χ0n) is 7.75. The van der Waals surface area contributed by atoms with Crippen molar-refractivity contribution in [1.82, 2.24) is 4.90 Å². The Morgan fingerprint density at radius 1 is 1.42 bits per heavy atom. The van der Waals surface area contributed by atoms with Crippen LogP contribution in [-0.4, -0.2) is 29.8 Å². The van der Waals surface area contributed by atoms with Crippen molar-refractivity contribution >= 4 is 5.78 Å². The maximum Gasteiger partial charge on any atom is 0.131 e. The van der Waals surface area contributed by atoms with Gasteiger partial charge in [0.05, 0.1) is 0 Å². The molecule has 0 aromatic rings. The summed E-state index contributed by atoms with van der Waals surface area (Å²) in [5.74, 6) is 1.32. The van der Waals surface area contributed by atoms with Gasteiger partial charge in [-0.15, -0.1) is 0 Å². The van der Waals surface area contributed by atoms with Gasteiger partial charge in [0.25, 0.3) is 0 Å². The number of hydrogen-bond acceptors (Lipinski definition) is 2. The highest BCUT2D eigenvalue weighted by atomic mass is 16.1. The minimum atomic E-state index is 0.348. The molecule has 0 aromatic carbocycles. The van der Waals surface area contributed by atoms with E-state index in [9.17, 15) is 4.79 Å². The third-order valence-electron chi connectivity index (χ3n) is 2.98. The second kappa shape index (κ2) is 3.17. The molecular formula is C10H17NO. The maximum absolute atomic E-state index is 10.9. The molecule has 68 valence electrons. The number of ketones is 1. The minimum absolute atomic E-state index is 0.348. The van der Waals surface area contributed by atoms with Crippen molar-refractivity contribution in [1.29, 1.82) is 0 Å². The molecule has 2 nitrogen and oxygen atoms in total. The number of rotatable bonds is 4. The molecule has 1 heterocycles. The number of nitrogens with zero attached hydrogens (tertiary/aromatic N) is 1. The molecule has 1 unspecified atom stereocenters. The second-order valence-electron chi connectivity index (χ2n) is 4.29. The number of carbonyl (C=O) groups is 1. The zero-order chi connectivity index (χ0) is 8.55. The fourth-order valence-corrected chi connectivity index (χ4v) is 1.93. The van der Waals surface area contributed by atoms with E-state index in [1.165, 1.54) is 32.4 Å². The summed E-state index contributed by atoms with van der Waals surface area (Å²) in [7, 11) is 0. The summed E-state index contributed by atoms with van der Waals surface area (Å²) in [6.45, 7) is 4.19. The van der Waals surface area contributed by atoms with Crippen molar-refractivity contribution in [3.05, 3.63) is 0 Å². The van der Waals surface area contributed by atoms with Crippen LogP contribution in [0.1, 0.15) is 32.6 Å². The normalized spacial score (nSPS) is 29.9. The molecule has 1 aliphatic heterocycles. The molecule has 0 N–H and O–H groups in total. The van der Waals surface area contributed by atoms with Crippen LogP contribution in [0.25, 0.3) is 0 Å². The molecule has 2 heteroatoms. The minimum Gasteiger partial charge on any atom is -0.300 e. The third kappa shape index (κ3) is 1.86. The van der Waals surface area contributed by atoms with Gasteiger partial charge >= 0.3 is 0 Å². The van der Waals surface area contributed by atoms with Crippen LogP contribution in [0.4, 0.5) is 0 Å². The maximum atomic E-state index is 10.9.